The number of nitrogens with one attached hydrogen (secondary N) is 1. The van der Waals surface area contributed by atoms with Gasteiger partial charge in [0, 0.05) is 6.42 Å². The fourth-order valence-corrected chi connectivity index (χ4v) is 10.7. The van der Waals surface area contributed by atoms with Crippen molar-refractivity contribution in [1.29, 1.82) is 0 Å². The van der Waals surface area contributed by atoms with Crippen molar-refractivity contribution in [2.45, 2.75) is 97.2 Å². The standard InChI is InChI=1S/C31H44N2O3S/c1-18(8-13-28(36)33-29-32-25-6-4-5-7-26(25)37-29)22-11-12-23-21-10-9-19-16-20(34)14-15-30(19,2)24(21)17-27(35)31(22,23)3/h4-7,18-24,27,34-35H,8-17H2,1-3H3,(H,32,33,36)/t18-,19+,20-,21+,22+,23-,24-,27+,30+,31-/m1/s1. The molecule has 1 amide bonds. The van der Waals surface area contributed by atoms with Crippen LogP contribution >= 0.6 is 11.3 Å². The van der Waals surface area contributed by atoms with E-state index in [1.807, 2.05) is 24.3 Å². The van der Waals surface area contributed by atoms with Crippen molar-refractivity contribution in [3.8, 4) is 0 Å². The molecule has 1 aromatic carbocycles. The van der Waals surface area contributed by atoms with Gasteiger partial charge in [-0.15, -0.1) is 0 Å². The topological polar surface area (TPSA) is 82.5 Å². The number of rotatable bonds is 5. The highest BCUT2D eigenvalue weighted by Crippen LogP contribution is 2.68. The minimum absolute atomic E-state index is 0.0422. The summed E-state index contributed by atoms with van der Waals surface area (Å²) >= 11 is 1.53. The van der Waals surface area contributed by atoms with Crippen LogP contribution in [0.15, 0.2) is 24.3 Å². The second-order valence-corrected chi connectivity index (χ2v) is 14.5. The number of amides is 1. The summed E-state index contributed by atoms with van der Waals surface area (Å²) in [5, 5.41) is 25.8. The molecule has 0 aliphatic heterocycles. The summed E-state index contributed by atoms with van der Waals surface area (Å²) in [6, 6.07) is 7.98. The van der Waals surface area contributed by atoms with Gasteiger partial charge in [0.25, 0.3) is 0 Å². The van der Waals surface area contributed by atoms with Gasteiger partial charge in [-0.2, -0.15) is 0 Å². The predicted octanol–water partition coefficient (Wildman–Crippen LogP) is 6.64. The molecule has 0 saturated heterocycles. The molecule has 5 nitrogen and oxygen atoms in total. The van der Waals surface area contributed by atoms with E-state index in [1.165, 1.54) is 37.0 Å². The van der Waals surface area contributed by atoms with E-state index in [1.54, 1.807) is 0 Å². The molecule has 3 N–H and O–H groups in total. The zero-order chi connectivity index (χ0) is 25.9. The monoisotopic (exact) mass is 524 g/mol. The fourth-order valence-electron chi connectivity index (χ4n) is 9.83. The number of benzene rings is 1. The summed E-state index contributed by atoms with van der Waals surface area (Å²) in [5.41, 5.74) is 1.15. The third-order valence-corrected chi connectivity index (χ3v) is 12.8. The Morgan fingerprint density at radius 3 is 2.73 bits per heavy atom. The Balaban J connectivity index is 1.11. The van der Waals surface area contributed by atoms with Crippen LogP contribution in [0.2, 0.25) is 0 Å². The van der Waals surface area contributed by atoms with E-state index in [0.717, 1.165) is 42.3 Å². The molecule has 0 spiro atoms. The number of hydrogen-bond donors (Lipinski definition) is 3. The quantitative estimate of drug-likeness (QED) is 0.409. The van der Waals surface area contributed by atoms with Gasteiger partial charge < -0.3 is 15.5 Å². The Morgan fingerprint density at radius 1 is 1.11 bits per heavy atom. The lowest BCUT2D eigenvalue weighted by Gasteiger charge is -2.62. The van der Waals surface area contributed by atoms with Crippen LogP contribution < -0.4 is 5.32 Å². The van der Waals surface area contributed by atoms with Gasteiger partial charge in [0.05, 0.1) is 22.4 Å². The number of anilines is 1. The maximum atomic E-state index is 12.8. The molecule has 0 bridgehead atoms. The van der Waals surface area contributed by atoms with Gasteiger partial charge in [-0.25, -0.2) is 4.98 Å². The largest absolute Gasteiger partial charge is 0.393 e. The predicted molar refractivity (Wildman–Crippen MR) is 149 cm³/mol. The van der Waals surface area contributed by atoms with Crippen LogP contribution in [0.1, 0.15) is 85.0 Å². The Hall–Kier alpha value is -1.50. The first-order chi connectivity index (χ1) is 17.7. The lowest BCUT2D eigenvalue weighted by atomic mass is 9.43. The number of para-hydroxylation sites is 1. The van der Waals surface area contributed by atoms with Crippen LogP contribution in [0.4, 0.5) is 5.13 Å². The van der Waals surface area contributed by atoms with Crippen LogP contribution in [-0.4, -0.2) is 33.3 Å². The lowest BCUT2D eigenvalue weighted by molar-refractivity contribution is -0.174. The fraction of sp³-hybridized carbons (Fsp3) is 0.742. The average Bonchev–Trinajstić information content (AvgIpc) is 3.45. The Kier molecular flexibility index (Phi) is 6.69. The van der Waals surface area contributed by atoms with E-state index in [-0.39, 0.29) is 28.9 Å². The minimum Gasteiger partial charge on any atom is -0.393 e. The number of aromatic nitrogens is 1. The number of thiazole rings is 1. The lowest BCUT2D eigenvalue weighted by Crippen LogP contribution is -2.58. The molecular formula is C31H44N2O3S. The summed E-state index contributed by atoms with van der Waals surface area (Å²) in [4.78, 5) is 17.4. The van der Waals surface area contributed by atoms with Crippen LogP contribution in [0.3, 0.4) is 0 Å². The van der Waals surface area contributed by atoms with Crippen LogP contribution in [-0.2, 0) is 4.79 Å². The number of nitrogens with zero attached hydrogens (tertiary/aromatic N) is 1. The van der Waals surface area contributed by atoms with E-state index >= 15 is 0 Å². The molecule has 6 rings (SSSR count). The molecule has 1 heterocycles. The number of carbonyl (C=O) groups is 1. The molecule has 202 valence electrons. The third kappa shape index (κ3) is 4.26. The highest BCUT2D eigenvalue weighted by Gasteiger charge is 2.63. The van der Waals surface area contributed by atoms with E-state index in [2.05, 4.69) is 31.1 Å². The maximum absolute atomic E-state index is 12.8. The summed E-state index contributed by atoms with van der Waals surface area (Å²) in [5.74, 6) is 3.38. The van der Waals surface area contributed by atoms with Gasteiger partial charge in [0.2, 0.25) is 5.91 Å². The van der Waals surface area contributed by atoms with Crippen molar-refractivity contribution in [2.75, 3.05) is 5.32 Å². The van der Waals surface area contributed by atoms with Gasteiger partial charge in [-0.1, -0.05) is 44.2 Å². The smallest absolute Gasteiger partial charge is 0.226 e. The first-order valence-electron chi connectivity index (χ1n) is 14.7. The zero-order valence-electron chi connectivity index (χ0n) is 22.7. The van der Waals surface area contributed by atoms with Crippen molar-refractivity contribution in [3.63, 3.8) is 0 Å². The van der Waals surface area contributed by atoms with Crippen LogP contribution in [0.5, 0.6) is 0 Å². The van der Waals surface area contributed by atoms with Crippen molar-refractivity contribution in [2.24, 2.45) is 46.3 Å². The molecule has 4 saturated carbocycles. The molecule has 0 unspecified atom stereocenters. The normalized spacial score (nSPS) is 42.0. The summed E-state index contributed by atoms with van der Waals surface area (Å²) < 4.78 is 1.09. The first kappa shape index (κ1) is 25.8. The highest BCUT2D eigenvalue weighted by molar-refractivity contribution is 7.22. The van der Waals surface area contributed by atoms with Crippen LogP contribution in [0, 0.1) is 46.3 Å². The number of hydrogen-bond acceptors (Lipinski definition) is 5. The Labute approximate surface area is 225 Å². The van der Waals surface area contributed by atoms with Crippen molar-refractivity contribution < 1.29 is 15.0 Å². The maximum Gasteiger partial charge on any atom is 0.226 e. The van der Waals surface area contributed by atoms with Gasteiger partial charge in [0.15, 0.2) is 5.13 Å². The first-order valence-corrected chi connectivity index (χ1v) is 15.5. The molecule has 0 radical (unpaired) electrons. The summed E-state index contributed by atoms with van der Waals surface area (Å²) in [6.07, 6.45) is 9.74. The third-order valence-electron chi connectivity index (χ3n) is 11.9. The highest BCUT2D eigenvalue weighted by atomic mass is 32.1. The van der Waals surface area contributed by atoms with Crippen molar-refractivity contribution in [3.05, 3.63) is 24.3 Å². The van der Waals surface area contributed by atoms with E-state index in [9.17, 15) is 15.0 Å². The molecule has 1 aromatic heterocycles. The molecule has 10 atom stereocenters. The number of carbonyl (C=O) groups excluding carboxylic acids is 1. The molecular weight excluding hydrogens is 480 g/mol. The van der Waals surface area contributed by atoms with Crippen molar-refractivity contribution >= 4 is 32.6 Å². The summed E-state index contributed by atoms with van der Waals surface area (Å²) in [7, 11) is 0. The number of aliphatic hydroxyl groups is 2. The van der Waals surface area contributed by atoms with Gasteiger partial charge >= 0.3 is 0 Å². The second kappa shape index (κ2) is 9.60. The van der Waals surface area contributed by atoms with Gasteiger partial charge in [0.1, 0.15) is 0 Å². The number of fused-ring (bicyclic) bond motifs is 6. The summed E-state index contributed by atoms with van der Waals surface area (Å²) in [6.45, 7) is 7.17. The van der Waals surface area contributed by atoms with E-state index < -0.39 is 0 Å². The number of aliphatic hydroxyl groups excluding tert-OH is 2. The Morgan fingerprint density at radius 2 is 1.92 bits per heavy atom. The molecule has 2 aromatic rings. The van der Waals surface area contributed by atoms with E-state index in [0.29, 0.717) is 47.1 Å². The SMILES string of the molecule is C[C@H](CCC(=O)Nc1nc2ccccc2s1)[C@@H]1CC[C@@H]2[C@@H]3CC[C@H]4C[C@H](O)CC[C@]4(C)[C@@H]3C[C@H](O)[C@@]21C. The van der Waals surface area contributed by atoms with E-state index in [4.69, 9.17) is 0 Å². The molecule has 37 heavy (non-hydrogen) atoms. The minimum atomic E-state index is -0.271. The van der Waals surface area contributed by atoms with Crippen molar-refractivity contribution in [1.82, 2.24) is 4.98 Å². The zero-order valence-corrected chi connectivity index (χ0v) is 23.5. The average molecular weight is 525 g/mol. The molecule has 4 aliphatic carbocycles. The molecule has 4 aliphatic rings. The van der Waals surface area contributed by atoms with Gasteiger partial charge in [-0.3, -0.25) is 4.79 Å². The second-order valence-electron chi connectivity index (χ2n) is 13.4. The molecule has 4 fully saturated rings. The Bertz CT molecular complexity index is 1120. The van der Waals surface area contributed by atoms with Crippen LogP contribution in [0.25, 0.3) is 10.2 Å². The molecule has 6 heteroatoms. The van der Waals surface area contributed by atoms with Gasteiger partial charge in [-0.05, 0) is 116 Å².